The average molecular weight is 506 g/mol. The number of benzene rings is 3. The van der Waals surface area contributed by atoms with E-state index < -0.39 is 5.60 Å². The Hall–Kier alpha value is -3.66. The molecule has 194 valence electrons. The van der Waals surface area contributed by atoms with Gasteiger partial charge < -0.3 is 9.64 Å². The minimum atomic E-state index is -0.685. The average Bonchev–Trinajstić information content (AvgIpc) is 3.16. The van der Waals surface area contributed by atoms with Gasteiger partial charge in [-0.05, 0) is 54.9 Å². The van der Waals surface area contributed by atoms with Gasteiger partial charge in [-0.25, -0.2) is 4.79 Å². The molecule has 4 nitrogen and oxygen atoms in total. The molecule has 3 aromatic carbocycles. The SMILES string of the molecule is CC1=C(C(=O)N2C[C@@H](C)C3(OC(=O)c4ccccc43)[C@@H](C)C2)c2ccccc2C(Cc2ccccc2)CC1. The third-order valence-corrected chi connectivity index (χ3v) is 9.07. The third kappa shape index (κ3) is 3.89. The molecule has 3 aliphatic rings. The van der Waals surface area contributed by atoms with Crippen molar-refractivity contribution in [2.45, 2.75) is 51.6 Å². The molecule has 0 N–H and O–H groups in total. The fourth-order valence-electron chi connectivity index (χ4n) is 7.20. The van der Waals surface area contributed by atoms with Gasteiger partial charge in [0.1, 0.15) is 5.60 Å². The Morgan fingerprint density at radius 1 is 0.895 bits per heavy atom. The molecular weight excluding hydrogens is 470 g/mol. The number of carbonyl (C=O) groups excluding carboxylic acids is 2. The second kappa shape index (κ2) is 9.58. The molecule has 2 aliphatic heterocycles. The Balaban J connectivity index is 1.31. The van der Waals surface area contributed by atoms with Crippen molar-refractivity contribution in [1.82, 2.24) is 4.90 Å². The number of allylic oxidation sites excluding steroid dienone is 1. The second-order valence-corrected chi connectivity index (χ2v) is 11.4. The number of fused-ring (bicyclic) bond motifs is 3. The van der Waals surface area contributed by atoms with Crippen LogP contribution in [-0.2, 0) is 21.6 Å². The third-order valence-electron chi connectivity index (χ3n) is 9.07. The summed E-state index contributed by atoms with van der Waals surface area (Å²) in [6.07, 6.45) is 2.90. The van der Waals surface area contributed by atoms with E-state index in [0.29, 0.717) is 24.6 Å². The molecule has 2 heterocycles. The molecule has 4 heteroatoms. The van der Waals surface area contributed by atoms with Gasteiger partial charge in [-0.1, -0.05) is 92.2 Å². The largest absolute Gasteiger partial charge is 0.450 e. The minimum Gasteiger partial charge on any atom is -0.450 e. The molecule has 3 aromatic rings. The van der Waals surface area contributed by atoms with Crippen LogP contribution in [0.1, 0.15) is 72.1 Å². The first-order valence-electron chi connectivity index (χ1n) is 13.8. The van der Waals surface area contributed by atoms with Gasteiger partial charge in [0, 0.05) is 36.1 Å². The summed E-state index contributed by atoms with van der Waals surface area (Å²) in [6, 6.07) is 26.9. The molecule has 0 saturated carbocycles. The quantitative estimate of drug-likeness (QED) is 0.370. The Morgan fingerprint density at radius 2 is 1.53 bits per heavy atom. The molecule has 2 unspecified atom stereocenters. The van der Waals surface area contributed by atoms with Gasteiger partial charge in [0.2, 0.25) is 0 Å². The van der Waals surface area contributed by atoms with Crippen molar-refractivity contribution in [3.05, 3.63) is 112 Å². The van der Waals surface area contributed by atoms with E-state index in [2.05, 4.69) is 75.4 Å². The molecule has 0 radical (unpaired) electrons. The van der Waals surface area contributed by atoms with Crippen molar-refractivity contribution in [2.75, 3.05) is 13.1 Å². The summed E-state index contributed by atoms with van der Waals surface area (Å²) >= 11 is 0. The zero-order valence-electron chi connectivity index (χ0n) is 22.4. The molecule has 4 atom stereocenters. The van der Waals surface area contributed by atoms with Gasteiger partial charge >= 0.3 is 5.97 Å². The molecule has 0 aromatic heterocycles. The van der Waals surface area contributed by atoms with Crippen molar-refractivity contribution in [3.63, 3.8) is 0 Å². The van der Waals surface area contributed by atoms with Crippen LogP contribution >= 0.6 is 0 Å². The zero-order chi connectivity index (χ0) is 26.4. The Bertz CT molecular complexity index is 1410. The maximum Gasteiger partial charge on any atom is 0.339 e. The fraction of sp³-hybridized carbons (Fsp3) is 0.353. The zero-order valence-corrected chi connectivity index (χ0v) is 22.4. The van der Waals surface area contributed by atoms with Gasteiger partial charge in [0.25, 0.3) is 5.91 Å². The molecule has 1 fully saturated rings. The monoisotopic (exact) mass is 505 g/mol. The number of hydrogen-bond donors (Lipinski definition) is 0. The molecule has 6 rings (SSSR count). The van der Waals surface area contributed by atoms with Gasteiger partial charge in [-0.3, -0.25) is 4.79 Å². The van der Waals surface area contributed by atoms with E-state index in [0.717, 1.165) is 41.5 Å². The summed E-state index contributed by atoms with van der Waals surface area (Å²) in [6.45, 7) is 7.46. The standard InChI is InChI=1S/C34H35NO3/c1-22-17-18-26(19-25-11-5-4-6-12-25)27-13-7-8-14-28(27)31(22)32(36)35-20-23(2)34(24(3)21-35)30-16-10-9-15-29(30)33(37)38-34/h4-16,23-24,26H,17-21H2,1-3H3/t23-,24+,26?,34?. The van der Waals surface area contributed by atoms with E-state index in [1.54, 1.807) is 0 Å². The molecule has 0 bridgehead atoms. The lowest BCUT2D eigenvalue weighted by Gasteiger charge is -2.48. The van der Waals surface area contributed by atoms with Crippen molar-refractivity contribution < 1.29 is 14.3 Å². The summed E-state index contributed by atoms with van der Waals surface area (Å²) in [7, 11) is 0. The minimum absolute atomic E-state index is 0.0180. The Kier molecular flexibility index (Phi) is 6.22. The summed E-state index contributed by atoms with van der Waals surface area (Å²) < 4.78 is 6.14. The number of rotatable bonds is 3. The highest BCUT2D eigenvalue weighted by Gasteiger charge is 2.56. The van der Waals surface area contributed by atoms with Gasteiger partial charge in [-0.15, -0.1) is 0 Å². The Labute approximate surface area is 225 Å². The molecule has 1 aliphatic carbocycles. The highest BCUT2D eigenvalue weighted by atomic mass is 16.6. The number of ether oxygens (including phenoxy) is 1. The Morgan fingerprint density at radius 3 is 2.26 bits per heavy atom. The number of likely N-dealkylation sites (tertiary alicyclic amines) is 1. The molecule has 1 amide bonds. The van der Waals surface area contributed by atoms with Crippen LogP contribution < -0.4 is 0 Å². The van der Waals surface area contributed by atoms with E-state index >= 15 is 0 Å². The van der Waals surface area contributed by atoms with Crippen LogP contribution in [0.15, 0.2) is 84.4 Å². The van der Waals surface area contributed by atoms with E-state index in [-0.39, 0.29) is 23.7 Å². The maximum atomic E-state index is 14.3. The van der Waals surface area contributed by atoms with E-state index in [1.165, 1.54) is 11.1 Å². The lowest BCUT2D eigenvalue weighted by molar-refractivity contribution is -0.142. The van der Waals surface area contributed by atoms with Gasteiger partial charge in [-0.2, -0.15) is 0 Å². The van der Waals surface area contributed by atoms with Gasteiger partial charge in [0.05, 0.1) is 5.56 Å². The van der Waals surface area contributed by atoms with Crippen molar-refractivity contribution in [1.29, 1.82) is 0 Å². The molecule has 1 saturated heterocycles. The van der Waals surface area contributed by atoms with Crippen molar-refractivity contribution in [3.8, 4) is 0 Å². The van der Waals surface area contributed by atoms with Crippen LogP contribution in [0, 0.1) is 11.8 Å². The lowest BCUT2D eigenvalue weighted by Crippen LogP contribution is -2.56. The highest BCUT2D eigenvalue weighted by molar-refractivity contribution is 6.21. The smallest absolute Gasteiger partial charge is 0.339 e. The van der Waals surface area contributed by atoms with Crippen molar-refractivity contribution in [2.24, 2.45) is 11.8 Å². The number of hydrogen-bond acceptors (Lipinski definition) is 3. The summed E-state index contributed by atoms with van der Waals surface area (Å²) in [5.41, 5.74) is 6.64. The van der Waals surface area contributed by atoms with Crippen LogP contribution in [0.2, 0.25) is 0 Å². The number of nitrogens with zero attached hydrogens (tertiary/aromatic N) is 1. The molecule has 38 heavy (non-hydrogen) atoms. The van der Waals surface area contributed by atoms with E-state index in [1.807, 2.05) is 29.2 Å². The van der Waals surface area contributed by atoms with E-state index in [4.69, 9.17) is 4.74 Å². The van der Waals surface area contributed by atoms with Crippen LogP contribution in [0.25, 0.3) is 5.57 Å². The summed E-state index contributed by atoms with van der Waals surface area (Å²) in [5.74, 6) is 0.179. The fourth-order valence-corrected chi connectivity index (χ4v) is 7.20. The molecular formula is C34H35NO3. The predicted octanol–water partition coefficient (Wildman–Crippen LogP) is 6.76. The highest BCUT2D eigenvalue weighted by Crippen LogP contribution is 2.50. The number of esters is 1. The first kappa shape index (κ1) is 24.7. The van der Waals surface area contributed by atoms with E-state index in [9.17, 15) is 9.59 Å². The van der Waals surface area contributed by atoms with Gasteiger partial charge in [0.15, 0.2) is 0 Å². The van der Waals surface area contributed by atoms with Crippen molar-refractivity contribution >= 4 is 17.4 Å². The maximum absolute atomic E-state index is 14.3. The summed E-state index contributed by atoms with van der Waals surface area (Å²) in [4.78, 5) is 29.1. The van der Waals surface area contributed by atoms with Crippen LogP contribution in [0.3, 0.4) is 0 Å². The van der Waals surface area contributed by atoms with Crippen LogP contribution in [-0.4, -0.2) is 29.9 Å². The van der Waals surface area contributed by atoms with Crippen LogP contribution in [0.5, 0.6) is 0 Å². The lowest BCUT2D eigenvalue weighted by atomic mass is 9.70. The normalized spacial score (nSPS) is 26.6. The van der Waals surface area contributed by atoms with Crippen LogP contribution in [0.4, 0.5) is 0 Å². The topological polar surface area (TPSA) is 46.6 Å². The second-order valence-electron chi connectivity index (χ2n) is 11.4. The predicted molar refractivity (Wildman–Crippen MR) is 150 cm³/mol. The molecule has 1 spiro atoms. The summed E-state index contributed by atoms with van der Waals surface area (Å²) in [5, 5.41) is 0. The first-order chi connectivity index (χ1) is 18.4. The number of carbonyl (C=O) groups is 2. The number of piperidine rings is 1. The number of amides is 1. The first-order valence-corrected chi connectivity index (χ1v) is 13.8.